The van der Waals surface area contributed by atoms with E-state index in [1.54, 1.807) is 6.33 Å². The Balaban J connectivity index is 1.65. The van der Waals surface area contributed by atoms with E-state index in [0.717, 1.165) is 11.4 Å². The number of rotatable bonds is 1. The molecular formula is C31H28N2. The van der Waals surface area contributed by atoms with Gasteiger partial charge in [-0.1, -0.05) is 107 Å². The summed E-state index contributed by atoms with van der Waals surface area (Å²) < 4.78 is 0. The minimum absolute atomic E-state index is 0.116. The van der Waals surface area contributed by atoms with Crippen LogP contribution in [0.5, 0.6) is 0 Å². The van der Waals surface area contributed by atoms with Crippen LogP contribution in [-0.2, 0) is 10.8 Å². The number of aromatic nitrogens is 2. The molecule has 1 aromatic heterocycles. The molecule has 0 fully saturated rings. The summed E-state index contributed by atoms with van der Waals surface area (Å²) in [6, 6.07) is 26.6. The standard InChI is InChI=1S/C31H28N2/c1-30(2,3)21-14-15-22-20(17-21)10-8-12-24(22)28-27-29(33-18-32-28)26-23-11-7-6-9-19(23)13-16-25(26)31(27,4)5/h6-18H,1-5H3. The van der Waals surface area contributed by atoms with Crippen LogP contribution in [0.25, 0.3) is 44.1 Å². The molecule has 5 aromatic rings. The summed E-state index contributed by atoms with van der Waals surface area (Å²) in [5, 5.41) is 5.01. The Morgan fingerprint density at radius 2 is 1.45 bits per heavy atom. The molecule has 0 saturated heterocycles. The third-order valence-electron chi connectivity index (χ3n) is 7.31. The van der Waals surface area contributed by atoms with Gasteiger partial charge >= 0.3 is 0 Å². The Kier molecular flexibility index (Phi) is 4.11. The van der Waals surface area contributed by atoms with Gasteiger partial charge in [0, 0.05) is 22.1 Å². The predicted octanol–water partition coefficient (Wildman–Crippen LogP) is 8.05. The second kappa shape index (κ2) is 6.74. The molecule has 1 aliphatic carbocycles. The van der Waals surface area contributed by atoms with Crippen molar-refractivity contribution in [3.8, 4) is 22.5 Å². The van der Waals surface area contributed by atoms with Gasteiger partial charge in [-0.2, -0.15) is 0 Å². The Labute approximate surface area is 195 Å². The average Bonchev–Trinajstić information content (AvgIpc) is 3.05. The molecule has 0 saturated carbocycles. The highest BCUT2D eigenvalue weighted by atomic mass is 14.9. The lowest BCUT2D eigenvalue weighted by molar-refractivity contribution is 0.591. The van der Waals surface area contributed by atoms with Crippen molar-refractivity contribution in [1.29, 1.82) is 0 Å². The Morgan fingerprint density at radius 3 is 2.27 bits per heavy atom. The van der Waals surface area contributed by atoms with Gasteiger partial charge in [0.2, 0.25) is 0 Å². The molecule has 0 unspecified atom stereocenters. The number of hydrogen-bond acceptors (Lipinski definition) is 2. The van der Waals surface area contributed by atoms with Crippen LogP contribution in [0.3, 0.4) is 0 Å². The molecule has 33 heavy (non-hydrogen) atoms. The maximum Gasteiger partial charge on any atom is 0.116 e. The molecule has 2 nitrogen and oxygen atoms in total. The Hall–Kier alpha value is -3.52. The zero-order chi connectivity index (χ0) is 23.0. The van der Waals surface area contributed by atoms with Gasteiger partial charge in [-0.3, -0.25) is 0 Å². The van der Waals surface area contributed by atoms with Crippen molar-refractivity contribution < 1.29 is 0 Å². The largest absolute Gasteiger partial charge is 0.236 e. The molecule has 0 radical (unpaired) electrons. The van der Waals surface area contributed by atoms with E-state index in [0.29, 0.717) is 0 Å². The first-order valence-corrected chi connectivity index (χ1v) is 11.7. The Morgan fingerprint density at radius 1 is 0.697 bits per heavy atom. The zero-order valence-electron chi connectivity index (χ0n) is 19.9. The smallest absolute Gasteiger partial charge is 0.116 e. The lowest BCUT2D eigenvalue weighted by Crippen LogP contribution is -2.17. The molecule has 0 amide bonds. The fraction of sp³-hybridized carbons (Fsp3) is 0.226. The summed E-state index contributed by atoms with van der Waals surface area (Å²) in [6.45, 7) is 11.4. The molecule has 2 heteroatoms. The van der Waals surface area contributed by atoms with Gasteiger partial charge in [0.15, 0.2) is 0 Å². The van der Waals surface area contributed by atoms with Gasteiger partial charge in [0.1, 0.15) is 6.33 Å². The van der Waals surface area contributed by atoms with Crippen LogP contribution in [0, 0.1) is 0 Å². The van der Waals surface area contributed by atoms with Crippen LogP contribution in [0.2, 0.25) is 0 Å². The summed E-state index contributed by atoms with van der Waals surface area (Å²) in [5.74, 6) is 0. The van der Waals surface area contributed by atoms with E-state index in [2.05, 4.69) is 107 Å². The van der Waals surface area contributed by atoms with E-state index in [9.17, 15) is 0 Å². The van der Waals surface area contributed by atoms with Crippen LogP contribution in [0.15, 0.2) is 79.1 Å². The fourth-order valence-electron chi connectivity index (χ4n) is 5.51. The molecule has 0 N–H and O–H groups in total. The maximum atomic E-state index is 4.89. The van der Waals surface area contributed by atoms with Crippen molar-refractivity contribution in [3.63, 3.8) is 0 Å². The molecule has 4 aromatic carbocycles. The summed E-state index contributed by atoms with van der Waals surface area (Å²) in [4.78, 5) is 9.74. The van der Waals surface area contributed by atoms with Crippen molar-refractivity contribution in [3.05, 3.63) is 95.8 Å². The van der Waals surface area contributed by atoms with Crippen LogP contribution in [0.1, 0.15) is 51.3 Å². The molecule has 162 valence electrons. The number of fused-ring (bicyclic) bond motifs is 6. The van der Waals surface area contributed by atoms with Crippen molar-refractivity contribution in [1.82, 2.24) is 9.97 Å². The van der Waals surface area contributed by atoms with Crippen LogP contribution < -0.4 is 0 Å². The van der Waals surface area contributed by atoms with Crippen molar-refractivity contribution >= 4 is 21.5 Å². The quantitative estimate of drug-likeness (QED) is 0.270. The third kappa shape index (κ3) is 2.87. The van der Waals surface area contributed by atoms with Gasteiger partial charge in [-0.05, 0) is 38.1 Å². The van der Waals surface area contributed by atoms with Gasteiger partial charge in [-0.25, -0.2) is 9.97 Å². The molecule has 1 heterocycles. The molecule has 0 atom stereocenters. The van der Waals surface area contributed by atoms with Crippen molar-refractivity contribution in [2.75, 3.05) is 0 Å². The fourth-order valence-corrected chi connectivity index (χ4v) is 5.51. The first-order valence-electron chi connectivity index (χ1n) is 11.7. The molecule has 0 spiro atoms. The lowest BCUT2D eigenvalue weighted by atomic mass is 9.79. The lowest BCUT2D eigenvalue weighted by Gasteiger charge is -2.24. The van der Waals surface area contributed by atoms with E-state index in [1.807, 2.05) is 0 Å². The highest BCUT2D eigenvalue weighted by Crippen LogP contribution is 2.53. The molecular weight excluding hydrogens is 400 g/mol. The van der Waals surface area contributed by atoms with Crippen LogP contribution in [-0.4, -0.2) is 9.97 Å². The minimum Gasteiger partial charge on any atom is -0.236 e. The SMILES string of the molecule is CC(C)(C)c1ccc2c(-c3ncnc4c3C(C)(C)c3ccc5ccccc5c3-4)cccc2c1. The van der Waals surface area contributed by atoms with Gasteiger partial charge in [0.25, 0.3) is 0 Å². The van der Waals surface area contributed by atoms with E-state index < -0.39 is 0 Å². The predicted molar refractivity (Wildman–Crippen MR) is 139 cm³/mol. The topological polar surface area (TPSA) is 25.8 Å². The molecule has 0 bridgehead atoms. The Bertz CT molecular complexity index is 1570. The van der Waals surface area contributed by atoms with E-state index in [-0.39, 0.29) is 10.8 Å². The normalized spacial score (nSPS) is 14.5. The summed E-state index contributed by atoms with van der Waals surface area (Å²) in [6.07, 6.45) is 1.74. The first kappa shape index (κ1) is 20.1. The number of hydrogen-bond donors (Lipinski definition) is 0. The highest BCUT2D eigenvalue weighted by Gasteiger charge is 2.40. The highest BCUT2D eigenvalue weighted by molar-refractivity contribution is 6.04. The number of benzene rings is 4. The maximum absolute atomic E-state index is 4.89. The van der Waals surface area contributed by atoms with Crippen molar-refractivity contribution in [2.45, 2.75) is 45.4 Å². The summed E-state index contributed by atoms with van der Waals surface area (Å²) in [7, 11) is 0. The van der Waals surface area contributed by atoms with E-state index >= 15 is 0 Å². The van der Waals surface area contributed by atoms with Gasteiger partial charge in [0.05, 0.1) is 11.4 Å². The monoisotopic (exact) mass is 428 g/mol. The molecule has 0 aliphatic heterocycles. The van der Waals surface area contributed by atoms with Crippen LogP contribution in [0.4, 0.5) is 0 Å². The van der Waals surface area contributed by atoms with E-state index in [4.69, 9.17) is 9.97 Å². The zero-order valence-corrected chi connectivity index (χ0v) is 19.9. The summed E-state index contributed by atoms with van der Waals surface area (Å²) >= 11 is 0. The van der Waals surface area contributed by atoms with E-state index in [1.165, 1.54) is 49.4 Å². The average molecular weight is 429 g/mol. The first-order chi connectivity index (χ1) is 15.8. The van der Waals surface area contributed by atoms with Crippen molar-refractivity contribution in [2.24, 2.45) is 0 Å². The second-order valence-corrected chi connectivity index (χ2v) is 10.8. The second-order valence-electron chi connectivity index (χ2n) is 10.8. The van der Waals surface area contributed by atoms with Gasteiger partial charge < -0.3 is 0 Å². The molecule has 1 aliphatic rings. The third-order valence-corrected chi connectivity index (χ3v) is 7.31. The summed E-state index contributed by atoms with van der Waals surface area (Å²) in [5.41, 5.74) is 8.38. The van der Waals surface area contributed by atoms with Gasteiger partial charge in [-0.15, -0.1) is 0 Å². The minimum atomic E-state index is -0.182. The molecule has 6 rings (SSSR count). The van der Waals surface area contributed by atoms with Crippen LogP contribution >= 0.6 is 0 Å². The number of nitrogens with zero attached hydrogens (tertiary/aromatic N) is 2.